The highest BCUT2D eigenvalue weighted by atomic mass is 16.2. The van der Waals surface area contributed by atoms with E-state index in [2.05, 4.69) is 34.6 Å². The summed E-state index contributed by atoms with van der Waals surface area (Å²) in [6, 6.07) is 9.98. The van der Waals surface area contributed by atoms with E-state index in [0.29, 0.717) is 11.5 Å². The van der Waals surface area contributed by atoms with E-state index in [1.165, 1.54) is 5.56 Å². The summed E-state index contributed by atoms with van der Waals surface area (Å²) < 4.78 is 0. The summed E-state index contributed by atoms with van der Waals surface area (Å²) in [5.74, 6) is 1.05. The molecule has 1 aromatic rings. The van der Waals surface area contributed by atoms with Crippen molar-refractivity contribution < 1.29 is 4.79 Å². The van der Waals surface area contributed by atoms with Crippen LogP contribution in [-0.2, 0) is 11.3 Å². The lowest BCUT2D eigenvalue weighted by molar-refractivity contribution is -0.138. The number of piperazine rings is 1. The SMILES string of the molecule is CC1CCN(C(=O)[C@H](C)N2CCN(Cc3ccc(C#N)cc3)CC2)CC1. The van der Waals surface area contributed by atoms with Gasteiger partial charge in [-0.05, 0) is 43.4 Å². The molecule has 0 spiro atoms. The molecule has 2 saturated heterocycles. The molecule has 2 heterocycles. The summed E-state index contributed by atoms with van der Waals surface area (Å²) in [4.78, 5) is 19.6. The fourth-order valence-electron chi connectivity index (χ4n) is 3.90. The summed E-state index contributed by atoms with van der Waals surface area (Å²) in [5.41, 5.74) is 1.95. The number of hydrogen-bond acceptors (Lipinski definition) is 4. The van der Waals surface area contributed by atoms with Crippen molar-refractivity contribution in [2.75, 3.05) is 39.3 Å². The Morgan fingerprint density at radius 1 is 1.12 bits per heavy atom. The molecule has 0 bridgehead atoms. The van der Waals surface area contributed by atoms with Gasteiger partial charge in [0.2, 0.25) is 5.91 Å². The van der Waals surface area contributed by atoms with Crippen molar-refractivity contribution in [3.05, 3.63) is 35.4 Å². The second-order valence-corrected chi connectivity index (χ2v) is 7.80. The molecule has 1 amide bonds. The maximum atomic E-state index is 12.8. The number of piperidine rings is 1. The number of amides is 1. The Balaban J connectivity index is 1.46. The van der Waals surface area contributed by atoms with Crippen LogP contribution in [0.3, 0.4) is 0 Å². The average molecular weight is 354 g/mol. The summed E-state index contributed by atoms with van der Waals surface area (Å²) in [7, 11) is 0. The third kappa shape index (κ3) is 4.63. The van der Waals surface area contributed by atoms with Crippen LogP contribution in [0.15, 0.2) is 24.3 Å². The van der Waals surface area contributed by atoms with Crippen molar-refractivity contribution in [1.82, 2.24) is 14.7 Å². The maximum absolute atomic E-state index is 12.8. The van der Waals surface area contributed by atoms with Crippen molar-refractivity contribution >= 4 is 5.91 Å². The number of nitriles is 1. The molecule has 2 aliphatic rings. The number of benzene rings is 1. The Hall–Kier alpha value is -1.90. The number of nitrogens with zero attached hydrogens (tertiary/aromatic N) is 4. The van der Waals surface area contributed by atoms with Gasteiger partial charge >= 0.3 is 0 Å². The molecule has 2 aliphatic heterocycles. The van der Waals surface area contributed by atoms with Gasteiger partial charge in [-0.25, -0.2) is 0 Å². The monoisotopic (exact) mass is 354 g/mol. The molecule has 0 aliphatic carbocycles. The normalized spacial score (nSPS) is 21.3. The van der Waals surface area contributed by atoms with Crippen LogP contribution in [-0.4, -0.2) is 65.9 Å². The Bertz CT molecular complexity index is 635. The predicted octanol–water partition coefficient (Wildman–Crippen LogP) is 2.32. The molecule has 140 valence electrons. The Morgan fingerprint density at radius 3 is 2.31 bits per heavy atom. The summed E-state index contributed by atoms with van der Waals surface area (Å²) in [5, 5.41) is 8.89. The third-order valence-corrected chi connectivity index (χ3v) is 5.90. The average Bonchev–Trinajstić information content (AvgIpc) is 2.69. The topological polar surface area (TPSA) is 50.6 Å². The van der Waals surface area contributed by atoms with Gasteiger partial charge < -0.3 is 4.90 Å². The number of carbonyl (C=O) groups excluding carboxylic acids is 1. The summed E-state index contributed by atoms with van der Waals surface area (Å²) in [6.07, 6.45) is 2.27. The number of rotatable bonds is 4. The minimum atomic E-state index is -0.0135. The number of hydrogen-bond donors (Lipinski definition) is 0. The van der Waals surface area contributed by atoms with Gasteiger partial charge in [-0.2, -0.15) is 5.26 Å². The Kier molecular flexibility index (Phi) is 6.29. The van der Waals surface area contributed by atoms with E-state index < -0.39 is 0 Å². The van der Waals surface area contributed by atoms with Crippen molar-refractivity contribution in [3.63, 3.8) is 0 Å². The van der Waals surface area contributed by atoms with Gasteiger partial charge in [0.1, 0.15) is 0 Å². The van der Waals surface area contributed by atoms with Crippen LogP contribution in [0.5, 0.6) is 0 Å². The van der Waals surface area contributed by atoms with E-state index in [0.717, 1.165) is 64.6 Å². The fraction of sp³-hybridized carbons (Fsp3) is 0.619. The highest BCUT2D eigenvalue weighted by Gasteiger charge is 2.30. The van der Waals surface area contributed by atoms with Gasteiger partial charge in [-0.1, -0.05) is 19.1 Å². The van der Waals surface area contributed by atoms with Gasteiger partial charge in [0.15, 0.2) is 0 Å². The molecule has 0 N–H and O–H groups in total. The smallest absolute Gasteiger partial charge is 0.239 e. The Labute approximate surface area is 157 Å². The molecule has 0 unspecified atom stereocenters. The molecule has 26 heavy (non-hydrogen) atoms. The molecular weight excluding hydrogens is 324 g/mol. The standard InChI is InChI=1S/C21H30N4O/c1-17-7-9-25(10-8-17)21(26)18(2)24-13-11-23(12-14-24)16-20-5-3-19(15-22)4-6-20/h3-6,17-18H,7-14,16H2,1-2H3/t18-/m0/s1. The lowest BCUT2D eigenvalue weighted by Gasteiger charge is -2.40. The van der Waals surface area contributed by atoms with Crippen LogP contribution in [0.2, 0.25) is 0 Å². The zero-order valence-corrected chi connectivity index (χ0v) is 16.0. The molecule has 5 nitrogen and oxygen atoms in total. The fourth-order valence-corrected chi connectivity index (χ4v) is 3.90. The quantitative estimate of drug-likeness (QED) is 0.833. The third-order valence-electron chi connectivity index (χ3n) is 5.90. The first-order valence-electron chi connectivity index (χ1n) is 9.81. The molecule has 1 aromatic carbocycles. The lowest BCUT2D eigenvalue weighted by atomic mass is 9.98. The highest BCUT2D eigenvalue weighted by Crippen LogP contribution is 2.18. The number of likely N-dealkylation sites (tertiary alicyclic amines) is 1. The van der Waals surface area contributed by atoms with E-state index in [1.54, 1.807) is 0 Å². The molecule has 3 rings (SSSR count). The Morgan fingerprint density at radius 2 is 1.73 bits per heavy atom. The van der Waals surface area contributed by atoms with E-state index in [-0.39, 0.29) is 6.04 Å². The van der Waals surface area contributed by atoms with Crippen LogP contribution in [0, 0.1) is 17.2 Å². The molecule has 0 radical (unpaired) electrons. The van der Waals surface area contributed by atoms with Crippen LogP contribution in [0.4, 0.5) is 0 Å². The minimum Gasteiger partial charge on any atom is -0.341 e. The van der Waals surface area contributed by atoms with Crippen LogP contribution >= 0.6 is 0 Å². The van der Waals surface area contributed by atoms with Crippen LogP contribution in [0.25, 0.3) is 0 Å². The summed E-state index contributed by atoms with van der Waals surface area (Å²) in [6.45, 7) is 10.9. The molecular formula is C21H30N4O. The lowest BCUT2D eigenvalue weighted by Crippen LogP contribution is -2.55. The van der Waals surface area contributed by atoms with E-state index in [9.17, 15) is 4.79 Å². The van der Waals surface area contributed by atoms with Crippen molar-refractivity contribution in [3.8, 4) is 6.07 Å². The minimum absolute atomic E-state index is 0.0135. The van der Waals surface area contributed by atoms with Crippen LogP contribution in [0.1, 0.15) is 37.8 Å². The molecule has 1 atom stereocenters. The van der Waals surface area contributed by atoms with Crippen molar-refractivity contribution in [2.24, 2.45) is 5.92 Å². The first-order valence-corrected chi connectivity index (χ1v) is 9.81. The largest absolute Gasteiger partial charge is 0.341 e. The predicted molar refractivity (Wildman–Crippen MR) is 102 cm³/mol. The first kappa shape index (κ1) is 18.9. The van der Waals surface area contributed by atoms with Gasteiger partial charge in [-0.15, -0.1) is 0 Å². The van der Waals surface area contributed by atoms with Crippen molar-refractivity contribution in [2.45, 2.75) is 39.3 Å². The molecule has 2 fully saturated rings. The van der Waals surface area contributed by atoms with Crippen molar-refractivity contribution in [1.29, 1.82) is 5.26 Å². The van der Waals surface area contributed by atoms with E-state index >= 15 is 0 Å². The molecule has 5 heteroatoms. The second kappa shape index (κ2) is 8.66. The highest BCUT2D eigenvalue weighted by molar-refractivity contribution is 5.81. The zero-order valence-electron chi connectivity index (χ0n) is 16.0. The van der Waals surface area contributed by atoms with Gasteiger partial charge in [0, 0.05) is 45.8 Å². The summed E-state index contributed by atoms with van der Waals surface area (Å²) >= 11 is 0. The molecule has 0 aromatic heterocycles. The second-order valence-electron chi connectivity index (χ2n) is 7.80. The van der Waals surface area contributed by atoms with Gasteiger partial charge in [-0.3, -0.25) is 14.6 Å². The van der Waals surface area contributed by atoms with Crippen LogP contribution < -0.4 is 0 Å². The van der Waals surface area contributed by atoms with Gasteiger partial charge in [0.25, 0.3) is 0 Å². The molecule has 0 saturated carbocycles. The maximum Gasteiger partial charge on any atom is 0.239 e. The number of carbonyl (C=O) groups is 1. The van der Waals surface area contributed by atoms with Gasteiger partial charge in [0.05, 0.1) is 17.7 Å². The van der Waals surface area contributed by atoms with E-state index in [4.69, 9.17) is 5.26 Å². The first-order chi connectivity index (χ1) is 12.6. The van der Waals surface area contributed by atoms with E-state index in [1.807, 2.05) is 24.3 Å². The zero-order chi connectivity index (χ0) is 18.5.